The van der Waals surface area contributed by atoms with Crippen LogP contribution >= 0.6 is 11.8 Å². The van der Waals surface area contributed by atoms with Gasteiger partial charge in [-0.05, 0) is 37.0 Å². The highest BCUT2D eigenvalue weighted by atomic mass is 32.2. The lowest BCUT2D eigenvalue weighted by atomic mass is 9.81. The summed E-state index contributed by atoms with van der Waals surface area (Å²) >= 11 is 1.47. The molecule has 0 saturated heterocycles. The van der Waals surface area contributed by atoms with Crippen molar-refractivity contribution in [2.24, 2.45) is 16.6 Å². The van der Waals surface area contributed by atoms with Crippen LogP contribution in [0.2, 0.25) is 0 Å². The number of carbonyl (C=O) groups excluding carboxylic acids is 1. The smallest absolute Gasteiger partial charge is 0.388 e. The van der Waals surface area contributed by atoms with E-state index in [1.165, 1.54) is 23.9 Å². The summed E-state index contributed by atoms with van der Waals surface area (Å²) < 4.78 is 43.3. The lowest BCUT2D eigenvalue weighted by molar-refractivity contribution is -0.0531. The van der Waals surface area contributed by atoms with Crippen LogP contribution in [0.3, 0.4) is 0 Å². The molecule has 1 aliphatic carbocycles. The van der Waals surface area contributed by atoms with E-state index in [0.29, 0.717) is 22.8 Å². The topological polar surface area (TPSA) is 102 Å². The molecule has 2 unspecified atom stereocenters. The number of rotatable bonds is 5. The Kier molecular flexibility index (Phi) is 5.54. The van der Waals surface area contributed by atoms with Gasteiger partial charge in [0.1, 0.15) is 11.5 Å². The first-order valence-electron chi connectivity index (χ1n) is 9.24. The van der Waals surface area contributed by atoms with Crippen molar-refractivity contribution in [3.8, 4) is 5.88 Å². The van der Waals surface area contributed by atoms with Crippen molar-refractivity contribution in [3.63, 3.8) is 0 Å². The second-order valence-corrected chi connectivity index (χ2v) is 8.08. The van der Waals surface area contributed by atoms with E-state index >= 15 is 0 Å². The van der Waals surface area contributed by atoms with E-state index in [0.717, 1.165) is 31.0 Å². The number of hydrogen-bond donors (Lipinski definition) is 2. The Labute approximate surface area is 174 Å². The molecule has 7 nitrogen and oxygen atoms in total. The zero-order valence-electron chi connectivity index (χ0n) is 15.6. The Bertz CT molecular complexity index is 989. The van der Waals surface area contributed by atoms with Crippen LogP contribution in [-0.2, 0) is 5.54 Å². The number of nitrogens with two attached hydrogens (primary N) is 1. The molecular weight excluding hydrogens is 419 g/mol. The number of ether oxygens (including phenoxy) is 1. The zero-order valence-corrected chi connectivity index (χ0v) is 16.5. The first kappa shape index (κ1) is 20.5. The Morgan fingerprint density at radius 2 is 2.17 bits per heavy atom. The Morgan fingerprint density at radius 1 is 1.33 bits per heavy atom. The summed E-state index contributed by atoms with van der Waals surface area (Å²) in [5.41, 5.74) is 5.88. The number of amides is 1. The van der Waals surface area contributed by atoms with Crippen LogP contribution in [0.5, 0.6) is 5.88 Å². The zero-order chi connectivity index (χ0) is 21.3. The molecule has 4 rings (SSSR count). The number of nitrogens with zero attached hydrogens (tertiary/aromatic N) is 3. The highest BCUT2D eigenvalue weighted by Gasteiger charge is 2.48. The number of aromatic nitrogens is 2. The number of benzene rings is 1. The summed E-state index contributed by atoms with van der Waals surface area (Å²) in [5, 5.41) is 3.06. The molecule has 11 heteroatoms. The minimum absolute atomic E-state index is 0.101. The Balaban J connectivity index is 1.58. The molecule has 1 fully saturated rings. The van der Waals surface area contributed by atoms with Crippen molar-refractivity contribution in [1.29, 1.82) is 0 Å². The van der Waals surface area contributed by atoms with Gasteiger partial charge in [-0.15, -0.1) is 0 Å². The van der Waals surface area contributed by atoms with Gasteiger partial charge >= 0.3 is 6.61 Å². The summed E-state index contributed by atoms with van der Waals surface area (Å²) in [7, 11) is 0. The maximum atomic E-state index is 14.8. The van der Waals surface area contributed by atoms with Gasteiger partial charge in [0.15, 0.2) is 5.17 Å². The first-order valence-corrected chi connectivity index (χ1v) is 10.2. The molecule has 1 amide bonds. The molecular formula is C19H18F3N5O2S. The molecule has 2 aromatic rings. The number of fused-ring (bicyclic) bond motifs is 1. The molecule has 3 N–H and O–H groups in total. The average Bonchev–Trinajstić information content (AvgIpc) is 3.13. The van der Waals surface area contributed by atoms with E-state index in [4.69, 9.17) is 5.73 Å². The lowest BCUT2D eigenvalue weighted by Gasteiger charge is -2.36. The van der Waals surface area contributed by atoms with E-state index in [2.05, 4.69) is 25.0 Å². The fourth-order valence-electron chi connectivity index (χ4n) is 3.97. The number of aliphatic imine (C=N–C) groups is 1. The van der Waals surface area contributed by atoms with E-state index in [9.17, 15) is 18.0 Å². The van der Waals surface area contributed by atoms with Gasteiger partial charge in [0.2, 0.25) is 5.88 Å². The molecule has 2 atom stereocenters. The second kappa shape index (κ2) is 8.13. The van der Waals surface area contributed by atoms with Gasteiger partial charge < -0.3 is 15.8 Å². The second-order valence-electron chi connectivity index (χ2n) is 7.04. The van der Waals surface area contributed by atoms with Crippen LogP contribution in [0.25, 0.3) is 0 Å². The van der Waals surface area contributed by atoms with Gasteiger partial charge in [-0.2, -0.15) is 8.78 Å². The summed E-state index contributed by atoms with van der Waals surface area (Å²) in [6.45, 7) is -3.04. The van der Waals surface area contributed by atoms with Crippen molar-refractivity contribution < 1.29 is 22.7 Å². The maximum Gasteiger partial charge on any atom is 0.388 e. The van der Waals surface area contributed by atoms with Crippen molar-refractivity contribution >= 4 is 28.5 Å². The molecule has 158 valence electrons. The molecule has 0 radical (unpaired) electrons. The number of hydrogen-bond acceptors (Lipinski definition) is 7. The van der Waals surface area contributed by atoms with Gasteiger partial charge in [0.25, 0.3) is 5.91 Å². The summed E-state index contributed by atoms with van der Waals surface area (Å²) in [4.78, 5) is 24.5. The fraction of sp³-hybridized carbons (Fsp3) is 0.368. The average molecular weight is 437 g/mol. The molecule has 1 aromatic carbocycles. The third kappa shape index (κ3) is 3.93. The molecule has 1 aliphatic heterocycles. The minimum Gasteiger partial charge on any atom is -0.415 e. The Morgan fingerprint density at radius 3 is 2.90 bits per heavy atom. The van der Waals surface area contributed by atoms with Crippen molar-refractivity contribution in [1.82, 2.24) is 9.97 Å². The highest BCUT2D eigenvalue weighted by Crippen LogP contribution is 2.51. The SMILES string of the molecule is NC1=NC2(c3cc(NC(=O)c4cnc(OC(F)F)cn4)ccc3F)CCCC2CS1. The number of anilines is 1. The number of carbonyl (C=O) groups is 1. The van der Waals surface area contributed by atoms with E-state index in [-0.39, 0.29) is 11.6 Å². The van der Waals surface area contributed by atoms with Crippen LogP contribution in [0.4, 0.5) is 18.9 Å². The third-order valence-electron chi connectivity index (χ3n) is 5.29. The molecule has 1 saturated carbocycles. The number of thioether (sulfide) groups is 1. The molecule has 2 aliphatic rings. The van der Waals surface area contributed by atoms with Crippen molar-refractivity contribution in [3.05, 3.63) is 47.7 Å². The van der Waals surface area contributed by atoms with Gasteiger partial charge in [0, 0.05) is 17.0 Å². The molecule has 2 heterocycles. The van der Waals surface area contributed by atoms with Crippen LogP contribution < -0.4 is 15.8 Å². The summed E-state index contributed by atoms with van der Waals surface area (Å²) in [6, 6.07) is 4.29. The van der Waals surface area contributed by atoms with E-state index in [1.54, 1.807) is 6.07 Å². The number of alkyl halides is 2. The largest absolute Gasteiger partial charge is 0.415 e. The predicted molar refractivity (Wildman–Crippen MR) is 106 cm³/mol. The van der Waals surface area contributed by atoms with Crippen molar-refractivity contribution in [2.75, 3.05) is 11.1 Å². The molecule has 0 bridgehead atoms. The van der Waals surface area contributed by atoms with Crippen molar-refractivity contribution in [2.45, 2.75) is 31.4 Å². The van der Waals surface area contributed by atoms with Crippen LogP contribution in [-0.4, -0.2) is 33.4 Å². The van der Waals surface area contributed by atoms with Crippen LogP contribution in [0.1, 0.15) is 35.3 Å². The Hall–Kier alpha value is -2.82. The molecule has 30 heavy (non-hydrogen) atoms. The quantitative estimate of drug-likeness (QED) is 0.742. The summed E-state index contributed by atoms with van der Waals surface area (Å²) in [5.74, 6) is -0.484. The number of amidine groups is 1. The highest BCUT2D eigenvalue weighted by molar-refractivity contribution is 8.13. The normalized spacial score (nSPS) is 23.1. The monoisotopic (exact) mass is 437 g/mol. The number of halogens is 3. The van der Waals surface area contributed by atoms with Gasteiger partial charge in [-0.1, -0.05) is 18.2 Å². The van der Waals surface area contributed by atoms with E-state index < -0.39 is 29.8 Å². The van der Waals surface area contributed by atoms with Gasteiger partial charge in [0.05, 0.1) is 17.9 Å². The van der Waals surface area contributed by atoms with E-state index in [1.807, 2.05) is 0 Å². The maximum absolute atomic E-state index is 14.8. The minimum atomic E-state index is -3.04. The van der Waals surface area contributed by atoms with Crippen LogP contribution in [0, 0.1) is 11.7 Å². The predicted octanol–water partition coefficient (Wildman–Crippen LogP) is 3.53. The van der Waals surface area contributed by atoms with Gasteiger partial charge in [-0.25, -0.2) is 14.4 Å². The molecule has 0 spiro atoms. The standard InChI is InChI=1S/C19H18F3N5O2S/c20-13-4-3-11(26-16(28)14-7-25-15(8-24-14)29-17(21)22)6-12(13)19-5-1-2-10(19)9-30-18(23)27-19/h3-4,6-8,10,17H,1-2,5,9H2,(H2,23,27)(H,26,28). The lowest BCUT2D eigenvalue weighted by Crippen LogP contribution is -2.37. The first-order chi connectivity index (χ1) is 14.4. The summed E-state index contributed by atoms with van der Waals surface area (Å²) in [6.07, 6.45) is 4.48. The molecule has 1 aromatic heterocycles. The van der Waals surface area contributed by atoms with Crippen LogP contribution in [0.15, 0.2) is 35.6 Å². The number of nitrogens with one attached hydrogen (secondary N) is 1. The fourth-order valence-corrected chi connectivity index (χ4v) is 5.02. The third-order valence-corrected chi connectivity index (χ3v) is 6.25. The van der Waals surface area contributed by atoms with Gasteiger partial charge in [-0.3, -0.25) is 9.79 Å².